The quantitative estimate of drug-likeness (QED) is 0.777. The van der Waals surface area contributed by atoms with Crippen molar-refractivity contribution in [2.45, 2.75) is 32.1 Å². The van der Waals surface area contributed by atoms with E-state index in [-0.39, 0.29) is 5.78 Å². The van der Waals surface area contributed by atoms with Crippen molar-refractivity contribution in [1.29, 1.82) is 0 Å². The Labute approximate surface area is 119 Å². The van der Waals surface area contributed by atoms with Gasteiger partial charge in [-0.3, -0.25) is 9.78 Å². The fraction of sp³-hybridized carbons (Fsp3) is 0.444. The number of hydrogen-bond donors (Lipinski definition) is 0. The number of carbonyl (C=O) groups excluding carboxylic acids is 1. The van der Waals surface area contributed by atoms with E-state index in [0.29, 0.717) is 5.92 Å². The molecule has 2 saturated carbocycles. The second-order valence-electron chi connectivity index (χ2n) is 6.48. The molecule has 2 nitrogen and oxygen atoms in total. The van der Waals surface area contributed by atoms with Gasteiger partial charge in [-0.15, -0.1) is 0 Å². The maximum absolute atomic E-state index is 12.5. The van der Waals surface area contributed by atoms with Crippen LogP contribution in [0.25, 0.3) is 10.9 Å². The zero-order chi connectivity index (χ0) is 13.5. The third-order valence-electron chi connectivity index (χ3n) is 5.24. The third kappa shape index (κ3) is 2.04. The van der Waals surface area contributed by atoms with Gasteiger partial charge in [0.05, 0.1) is 5.52 Å². The number of Topliss-reactive ketones (excluding diaryl/α,β-unsaturated/α-hetero) is 1. The molecule has 1 aromatic carbocycles. The number of carbonyl (C=O) groups is 1. The van der Waals surface area contributed by atoms with E-state index in [0.717, 1.165) is 34.7 Å². The minimum atomic E-state index is 0.279. The minimum absolute atomic E-state index is 0.279. The molecule has 2 fully saturated rings. The number of rotatable bonds is 3. The number of benzene rings is 1. The SMILES string of the molecule is O=C(CC1CC2CCC1C2)c1cnc2ccccc2c1. The molecule has 0 spiro atoms. The van der Waals surface area contributed by atoms with Crippen molar-refractivity contribution in [3.63, 3.8) is 0 Å². The Morgan fingerprint density at radius 2 is 2.10 bits per heavy atom. The van der Waals surface area contributed by atoms with Crippen LogP contribution in [0.5, 0.6) is 0 Å². The van der Waals surface area contributed by atoms with Crippen molar-refractivity contribution in [2.75, 3.05) is 0 Å². The van der Waals surface area contributed by atoms with Crippen molar-refractivity contribution in [3.05, 3.63) is 42.1 Å². The van der Waals surface area contributed by atoms with Crippen molar-refractivity contribution < 1.29 is 4.79 Å². The first-order valence-corrected chi connectivity index (χ1v) is 7.67. The lowest BCUT2D eigenvalue weighted by atomic mass is 9.84. The number of nitrogens with zero attached hydrogens (tertiary/aromatic N) is 1. The Hall–Kier alpha value is -1.70. The molecule has 2 aliphatic rings. The van der Waals surface area contributed by atoms with Crippen LogP contribution in [0.1, 0.15) is 42.5 Å². The highest BCUT2D eigenvalue weighted by molar-refractivity contribution is 5.98. The van der Waals surface area contributed by atoms with Gasteiger partial charge >= 0.3 is 0 Å². The molecule has 4 rings (SSSR count). The summed E-state index contributed by atoms with van der Waals surface area (Å²) in [5.74, 6) is 2.64. The molecule has 20 heavy (non-hydrogen) atoms. The first kappa shape index (κ1) is 12.1. The molecule has 0 amide bonds. The lowest BCUT2D eigenvalue weighted by Gasteiger charge is -2.20. The van der Waals surface area contributed by atoms with Crippen LogP contribution >= 0.6 is 0 Å². The zero-order valence-corrected chi connectivity index (χ0v) is 11.6. The lowest BCUT2D eigenvalue weighted by molar-refractivity contribution is 0.0944. The van der Waals surface area contributed by atoms with Crippen LogP contribution in [-0.2, 0) is 0 Å². The van der Waals surface area contributed by atoms with Crippen molar-refractivity contribution >= 4 is 16.7 Å². The summed E-state index contributed by atoms with van der Waals surface area (Å²) in [5, 5.41) is 1.06. The molecule has 0 saturated heterocycles. The molecular weight excluding hydrogens is 246 g/mol. The number of para-hydroxylation sites is 1. The van der Waals surface area contributed by atoms with Gasteiger partial charge < -0.3 is 0 Å². The number of fused-ring (bicyclic) bond motifs is 3. The van der Waals surface area contributed by atoms with Gasteiger partial charge in [-0.1, -0.05) is 24.6 Å². The van der Waals surface area contributed by atoms with Gasteiger partial charge in [-0.2, -0.15) is 0 Å². The summed E-state index contributed by atoms with van der Waals surface area (Å²) in [6.07, 6.45) is 7.86. The topological polar surface area (TPSA) is 30.0 Å². The Morgan fingerprint density at radius 1 is 1.20 bits per heavy atom. The summed E-state index contributed by atoms with van der Waals surface area (Å²) < 4.78 is 0. The largest absolute Gasteiger partial charge is 0.294 e. The number of pyridine rings is 1. The van der Waals surface area contributed by atoms with Crippen LogP contribution in [0.2, 0.25) is 0 Å². The van der Waals surface area contributed by atoms with Crippen molar-refractivity contribution in [1.82, 2.24) is 4.98 Å². The fourth-order valence-corrected chi connectivity index (χ4v) is 4.21. The highest BCUT2D eigenvalue weighted by atomic mass is 16.1. The van der Waals surface area contributed by atoms with Gasteiger partial charge in [0.25, 0.3) is 0 Å². The van der Waals surface area contributed by atoms with Crippen molar-refractivity contribution in [3.8, 4) is 0 Å². The van der Waals surface area contributed by atoms with Gasteiger partial charge in [0.1, 0.15) is 0 Å². The van der Waals surface area contributed by atoms with E-state index in [9.17, 15) is 4.79 Å². The van der Waals surface area contributed by atoms with E-state index in [1.807, 2.05) is 30.3 Å². The van der Waals surface area contributed by atoms with E-state index in [2.05, 4.69) is 4.98 Å². The summed E-state index contributed by atoms with van der Waals surface area (Å²) in [6, 6.07) is 9.98. The molecule has 1 heterocycles. The first-order chi connectivity index (χ1) is 9.79. The van der Waals surface area contributed by atoms with Crippen LogP contribution in [-0.4, -0.2) is 10.8 Å². The minimum Gasteiger partial charge on any atom is -0.294 e. The van der Waals surface area contributed by atoms with Gasteiger partial charge in [0.15, 0.2) is 5.78 Å². The summed E-state index contributed by atoms with van der Waals surface area (Å²) in [6.45, 7) is 0. The lowest BCUT2D eigenvalue weighted by Crippen LogP contribution is -2.15. The molecule has 2 bridgehead atoms. The maximum Gasteiger partial charge on any atom is 0.164 e. The van der Waals surface area contributed by atoms with E-state index in [1.54, 1.807) is 6.20 Å². The van der Waals surface area contributed by atoms with Gasteiger partial charge in [0.2, 0.25) is 0 Å². The first-order valence-electron chi connectivity index (χ1n) is 7.67. The van der Waals surface area contributed by atoms with Crippen LogP contribution < -0.4 is 0 Å². The molecule has 3 unspecified atom stereocenters. The Morgan fingerprint density at radius 3 is 2.90 bits per heavy atom. The zero-order valence-electron chi connectivity index (χ0n) is 11.6. The standard InChI is InChI=1S/C18H19NO/c20-18(10-15-8-12-5-6-13(15)7-12)16-9-14-3-1-2-4-17(14)19-11-16/h1-4,9,11-13,15H,5-8,10H2. The molecule has 1 aromatic heterocycles. The number of hydrogen-bond acceptors (Lipinski definition) is 2. The summed E-state index contributed by atoms with van der Waals surface area (Å²) >= 11 is 0. The predicted molar refractivity (Wildman–Crippen MR) is 79.6 cm³/mol. The molecule has 0 aliphatic heterocycles. The van der Waals surface area contributed by atoms with Gasteiger partial charge in [-0.05, 0) is 49.1 Å². The highest BCUT2D eigenvalue weighted by Crippen LogP contribution is 2.49. The maximum atomic E-state index is 12.5. The van der Waals surface area contributed by atoms with Crippen LogP contribution in [0.3, 0.4) is 0 Å². The molecule has 2 aliphatic carbocycles. The van der Waals surface area contributed by atoms with Crippen LogP contribution in [0, 0.1) is 17.8 Å². The summed E-state index contributed by atoms with van der Waals surface area (Å²) in [5.41, 5.74) is 1.75. The average molecular weight is 265 g/mol. The molecule has 3 atom stereocenters. The Balaban J connectivity index is 1.54. The Bertz CT molecular complexity index is 663. The highest BCUT2D eigenvalue weighted by Gasteiger charge is 2.40. The third-order valence-corrected chi connectivity index (χ3v) is 5.24. The molecule has 0 N–H and O–H groups in total. The molecular formula is C18H19NO. The molecule has 102 valence electrons. The predicted octanol–water partition coefficient (Wildman–Crippen LogP) is 4.24. The molecule has 2 aromatic rings. The second kappa shape index (κ2) is 4.69. The number of aromatic nitrogens is 1. The van der Waals surface area contributed by atoms with E-state index < -0.39 is 0 Å². The van der Waals surface area contributed by atoms with E-state index >= 15 is 0 Å². The number of ketones is 1. The van der Waals surface area contributed by atoms with Crippen LogP contribution in [0.15, 0.2) is 36.5 Å². The molecule has 0 radical (unpaired) electrons. The van der Waals surface area contributed by atoms with E-state index in [4.69, 9.17) is 0 Å². The van der Waals surface area contributed by atoms with E-state index in [1.165, 1.54) is 25.7 Å². The van der Waals surface area contributed by atoms with Gasteiger partial charge in [-0.25, -0.2) is 0 Å². The summed E-state index contributed by atoms with van der Waals surface area (Å²) in [7, 11) is 0. The van der Waals surface area contributed by atoms with Crippen molar-refractivity contribution in [2.24, 2.45) is 17.8 Å². The fourth-order valence-electron chi connectivity index (χ4n) is 4.21. The smallest absolute Gasteiger partial charge is 0.164 e. The monoisotopic (exact) mass is 265 g/mol. The average Bonchev–Trinajstić information content (AvgIpc) is 3.09. The Kier molecular flexibility index (Phi) is 2.83. The second-order valence-corrected chi connectivity index (χ2v) is 6.48. The normalized spacial score (nSPS) is 28.1. The summed E-state index contributed by atoms with van der Waals surface area (Å²) in [4.78, 5) is 16.9. The molecule has 2 heteroatoms. The van der Waals surface area contributed by atoms with Gasteiger partial charge in [0, 0.05) is 23.6 Å². The van der Waals surface area contributed by atoms with Crippen LogP contribution in [0.4, 0.5) is 0 Å².